The zero-order valence-electron chi connectivity index (χ0n) is 11.2. The van der Waals surface area contributed by atoms with Gasteiger partial charge in [-0.3, -0.25) is 4.79 Å². The minimum atomic E-state index is 0.0179. The normalized spacial score (nSPS) is 20.7. The summed E-state index contributed by atoms with van der Waals surface area (Å²) in [4.78, 5) is 12.0. The molecule has 0 aromatic heterocycles. The highest BCUT2D eigenvalue weighted by Gasteiger charge is 2.22. The molecule has 2 rings (SSSR count). The number of rotatable bonds is 4. The lowest BCUT2D eigenvalue weighted by Crippen LogP contribution is -2.44. The molecule has 2 atom stereocenters. The lowest BCUT2D eigenvalue weighted by atomic mass is 10.0. The minimum absolute atomic E-state index is 0.0179. The summed E-state index contributed by atoms with van der Waals surface area (Å²) in [6.45, 7) is 5.14. The molecule has 0 bridgehead atoms. The van der Waals surface area contributed by atoms with Gasteiger partial charge in [0.1, 0.15) is 0 Å². The number of benzene rings is 1. The Morgan fingerprint density at radius 2 is 2.28 bits per heavy atom. The molecule has 1 heterocycles. The van der Waals surface area contributed by atoms with E-state index in [1.165, 1.54) is 11.1 Å². The van der Waals surface area contributed by atoms with Crippen molar-refractivity contribution in [2.45, 2.75) is 45.2 Å². The predicted molar refractivity (Wildman–Crippen MR) is 73.5 cm³/mol. The monoisotopic (exact) mass is 246 g/mol. The highest BCUT2D eigenvalue weighted by molar-refractivity contribution is 5.82. The molecule has 1 saturated heterocycles. The van der Waals surface area contributed by atoms with Crippen molar-refractivity contribution in [2.24, 2.45) is 0 Å². The first-order chi connectivity index (χ1) is 8.66. The van der Waals surface area contributed by atoms with Crippen LogP contribution >= 0.6 is 0 Å². The van der Waals surface area contributed by atoms with Gasteiger partial charge >= 0.3 is 0 Å². The summed E-state index contributed by atoms with van der Waals surface area (Å²) < 4.78 is 0. The smallest absolute Gasteiger partial charge is 0.237 e. The SMILES string of the molecule is Cc1ccccc1CC(C)NC(=O)C1CCCN1. The molecule has 0 spiro atoms. The molecule has 2 N–H and O–H groups in total. The molecule has 0 saturated carbocycles. The van der Waals surface area contributed by atoms with E-state index in [-0.39, 0.29) is 18.0 Å². The quantitative estimate of drug-likeness (QED) is 0.850. The standard InChI is InChI=1S/C15H22N2O/c1-11-6-3-4-7-13(11)10-12(2)17-15(18)14-8-5-9-16-14/h3-4,6-7,12,14,16H,5,8-10H2,1-2H3,(H,17,18). The largest absolute Gasteiger partial charge is 0.352 e. The maximum atomic E-state index is 12.0. The van der Waals surface area contributed by atoms with Crippen molar-refractivity contribution in [1.29, 1.82) is 0 Å². The predicted octanol–water partition coefficient (Wildman–Crippen LogP) is 1.79. The Bertz CT molecular complexity index is 411. The average Bonchev–Trinajstić information content (AvgIpc) is 2.85. The van der Waals surface area contributed by atoms with Gasteiger partial charge < -0.3 is 10.6 Å². The van der Waals surface area contributed by atoms with Gasteiger partial charge in [0.05, 0.1) is 6.04 Å². The number of nitrogens with one attached hydrogen (secondary N) is 2. The molecule has 3 heteroatoms. The molecule has 2 unspecified atom stereocenters. The molecule has 1 fully saturated rings. The molecule has 18 heavy (non-hydrogen) atoms. The Hall–Kier alpha value is -1.35. The van der Waals surface area contributed by atoms with Gasteiger partial charge in [0.2, 0.25) is 5.91 Å². The van der Waals surface area contributed by atoms with Crippen molar-refractivity contribution in [3.8, 4) is 0 Å². The number of hydrogen-bond donors (Lipinski definition) is 2. The van der Waals surface area contributed by atoms with Crippen LogP contribution in [0.4, 0.5) is 0 Å². The second kappa shape index (κ2) is 6.01. The highest BCUT2D eigenvalue weighted by Crippen LogP contribution is 2.10. The van der Waals surface area contributed by atoms with Gasteiger partial charge in [-0.25, -0.2) is 0 Å². The first-order valence-electron chi connectivity index (χ1n) is 6.75. The van der Waals surface area contributed by atoms with Crippen LogP contribution in [0, 0.1) is 6.92 Å². The van der Waals surface area contributed by atoms with E-state index < -0.39 is 0 Å². The van der Waals surface area contributed by atoms with Crippen LogP contribution in [-0.4, -0.2) is 24.5 Å². The van der Waals surface area contributed by atoms with E-state index in [1.807, 2.05) is 6.07 Å². The molecular formula is C15H22N2O. The third-order valence-corrected chi connectivity index (χ3v) is 3.55. The lowest BCUT2D eigenvalue weighted by molar-refractivity contribution is -0.123. The van der Waals surface area contributed by atoms with Crippen molar-refractivity contribution in [1.82, 2.24) is 10.6 Å². The Kier molecular flexibility index (Phi) is 4.37. The van der Waals surface area contributed by atoms with Crippen LogP contribution in [0.5, 0.6) is 0 Å². The minimum Gasteiger partial charge on any atom is -0.352 e. The zero-order chi connectivity index (χ0) is 13.0. The van der Waals surface area contributed by atoms with Gasteiger partial charge in [-0.05, 0) is 50.8 Å². The van der Waals surface area contributed by atoms with E-state index in [0.717, 1.165) is 25.8 Å². The molecule has 1 aromatic rings. The summed E-state index contributed by atoms with van der Waals surface area (Å²) in [6, 6.07) is 8.54. The molecule has 1 aromatic carbocycles. The van der Waals surface area contributed by atoms with E-state index >= 15 is 0 Å². The molecule has 98 valence electrons. The topological polar surface area (TPSA) is 41.1 Å². The Balaban J connectivity index is 1.86. The van der Waals surface area contributed by atoms with Crippen molar-refractivity contribution in [2.75, 3.05) is 6.54 Å². The Morgan fingerprint density at radius 1 is 1.50 bits per heavy atom. The number of carbonyl (C=O) groups excluding carboxylic acids is 1. The fourth-order valence-corrected chi connectivity index (χ4v) is 2.47. The van der Waals surface area contributed by atoms with E-state index in [1.54, 1.807) is 0 Å². The van der Waals surface area contributed by atoms with E-state index in [2.05, 4.69) is 42.7 Å². The Morgan fingerprint density at radius 3 is 2.94 bits per heavy atom. The van der Waals surface area contributed by atoms with Gasteiger partial charge in [-0.15, -0.1) is 0 Å². The third-order valence-electron chi connectivity index (χ3n) is 3.55. The van der Waals surface area contributed by atoms with Crippen LogP contribution in [-0.2, 0) is 11.2 Å². The molecule has 3 nitrogen and oxygen atoms in total. The van der Waals surface area contributed by atoms with Gasteiger partial charge in [-0.2, -0.15) is 0 Å². The van der Waals surface area contributed by atoms with Crippen molar-refractivity contribution >= 4 is 5.91 Å². The van der Waals surface area contributed by atoms with Crippen molar-refractivity contribution < 1.29 is 4.79 Å². The van der Waals surface area contributed by atoms with Gasteiger partial charge in [0.25, 0.3) is 0 Å². The van der Waals surface area contributed by atoms with Crippen LogP contribution in [0.1, 0.15) is 30.9 Å². The van der Waals surface area contributed by atoms with E-state index in [0.29, 0.717) is 0 Å². The first-order valence-corrected chi connectivity index (χ1v) is 6.75. The number of aryl methyl sites for hydroxylation is 1. The van der Waals surface area contributed by atoms with E-state index in [9.17, 15) is 4.79 Å². The summed E-state index contributed by atoms with van der Waals surface area (Å²) in [7, 11) is 0. The average molecular weight is 246 g/mol. The van der Waals surface area contributed by atoms with Crippen LogP contribution < -0.4 is 10.6 Å². The van der Waals surface area contributed by atoms with Crippen molar-refractivity contribution in [3.05, 3.63) is 35.4 Å². The molecule has 1 amide bonds. The second-order valence-electron chi connectivity index (χ2n) is 5.19. The summed E-state index contributed by atoms with van der Waals surface area (Å²) >= 11 is 0. The summed E-state index contributed by atoms with van der Waals surface area (Å²) in [5.41, 5.74) is 2.60. The molecular weight excluding hydrogens is 224 g/mol. The third kappa shape index (κ3) is 3.33. The second-order valence-corrected chi connectivity index (χ2v) is 5.19. The van der Waals surface area contributed by atoms with Gasteiger partial charge in [-0.1, -0.05) is 24.3 Å². The maximum Gasteiger partial charge on any atom is 0.237 e. The Labute approximate surface area is 109 Å². The fourth-order valence-electron chi connectivity index (χ4n) is 2.47. The van der Waals surface area contributed by atoms with Crippen LogP contribution in [0.2, 0.25) is 0 Å². The van der Waals surface area contributed by atoms with Gasteiger partial charge in [0.15, 0.2) is 0 Å². The van der Waals surface area contributed by atoms with Gasteiger partial charge in [0, 0.05) is 6.04 Å². The number of amides is 1. The molecule has 0 radical (unpaired) electrons. The zero-order valence-corrected chi connectivity index (χ0v) is 11.2. The first kappa shape index (κ1) is 13.1. The fraction of sp³-hybridized carbons (Fsp3) is 0.533. The number of hydrogen-bond acceptors (Lipinski definition) is 2. The summed E-state index contributed by atoms with van der Waals surface area (Å²) in [5.74, 6) is 0.147. The summed E-state index contributed by atoms with van der Waals surface area (Å²) in [6.07, 6.45) is 2.96. The van der Waals surface area contributed by atoms with Crippen molar-refractivity contribution in [3.63, 3.8) is 0 Å². The molecule has 0 aliphatic carbocycles. The summed E-state index contributed by atoms with van der Waals surface area (Å²) in [5, 5.41) is 6.32. The maximum absolute atomic E-state index is 12.0. The molecule has 1 aliphatic rings. The van der Waals surface area contributed by atoms with Crippen LogP contribution in [0.15, 0.2) is 24.3 Å². The molecule has 1 aliphatic heterocycles. The lowest BCUT2D eigenvalue weighted by Gasteiger charge is -2.18. The highest BCUT2D eigenvalue weighted by atomic mass is 16.2. The van der Waals surface area contributed by atoms with Crippen LogP contribution in [0.3, 0.4) is 0 Å². The van der Waals surface area contributed by atoms with Crippen LogP contribution in [0.25, 0.3) is 0 Å². The number of carbonyl (C=O) groups is 1. The van der Waals surface area contributed by atoms with E-state index in [4.69, 9.17) is 0 Å².